The number of imidazole rings is 1. The third-order valence-electron chi connectivity index (χ3n) is 2.73. The molecule has 0 radical (unpaired) electrons. The van der Waals surface area contributed by atoms with E-state index in [0.29, 0.717) is 13.1 Å². The summed E-state index contributed by atoms with van der Waals surface area (Å²) >= 11 is 0. The van der Waals surface area contributed by atoms with E-state index in [4.69, 9.17) is 0 Å². The number of carbonyl (C=O) groups is 1. The van der Waals surface area contributed by atoms with Gasteiger partial charge in [-0.25, -0.2) is 4.98 Å². The monoisotopic (exact) mass is 232 g/mol. The van der Waals surface area contributed by atoms with Crippen molar-refractivity contribution >= 4 is 16.9 Å². The second kappa shape index (κ2) is 4.97. The van der Waals surface area contributed by atoms with Crippen LogP contribution >= 0.6 is 0 Å². The van der Waals surface area contributed by atoms with Crippen molar-refractivity contribution in [2.45, 2.75) is 6.54 Å². The fourth-order valence-corrected chi connectivity index (χ4v) is 1.73. The Labute approximate surface area is 99.8 Å². The van der Waals surface area contributed by atoms with Crippen molar-refractivity contribution in [1.82, 2.24) is 20.2 Å². The molecule has 2 rings (SSSR count). The smallest absolute Gasteiger partial charge is 0.233 e. The van der Waals surface area contributed by atoms with Crippen molar-refractivity contribution in [2.24, 2.45) is 7.05 Å². The zero-order valence-electron chi connectivity index (χ0n) is 10.0. The minimum absolute atomic E-state index is 0.0243. The first kappa shape index (κ1) is 11.6. The summed E-state index contributed by atoms with van der Waals surface area (Å²) in [6.07, 6.45) is 0. The molecule has 0 saturated heterocycles. The van der Waals surface area contributed by atoms with Gasteiger partial charge in [0, 0.05) is 14.1 Å². The lowest BCUT2D eigenvalue weighted by atomic mass is 10.3. The number of hydrogen-bond donors (Lipinski definition) is 2. The summed E-state index contributed by atoms with van der Waals surface area (Å²) in [4.78, 5) is 15.6. The number of fused-ring (bicyclic) bond motifs is 1. The van der Waals surface area contributed by atoms with Gasteiger partial charge in [-0.05, 0) is 12.1 Å². The van der Waals surface area contributed by atoms with Crippen molar-refractivity contribution in [3.63, 3.8) is 0 Å². The summed E-state index contributed by atoms with van der Waals surface area (Å²) in [6.45, 7) is 0.887. The first-order chi connectivity index (χ1) is 8.22. The number of benzene rings is 1. The normalized spacial score (nSPS) is 10.7. The summed E-state index contributed by atoms with van der Waals surface area (Å²) in [5, 5.41) is 5.62. The maximum atomic E-state index is 11.1. The van der Waals surface area contributed by atoms with Gasteiger partial charge in [-0.3, -0.25) is 4.79 Å². The van der Waals surface area contributed by atoms with E-state index < -0.39 is 0 Å². The highest BCUT2D eigenvalue weighted by atomic mass is 16.1. The van der Waals surface area contributed by atoms with Gasteiger partial charge in [-0.1, -0.05) is 12.1 Å². The number of nitrogens with zero attached hydrogens (tertiary/aromatic N) is 2. The van der Waals surface area contributed by atoms with Gasteiger partial charge in [0.05, 0.1) is 24.1 Å². The number of amides is 1. The molecule has 0 aliphatic heterocycles. The lowest BCUT2D eigenvalue weighted by molar-refractivity contribution is -0.119. The topological polar surface area (TPSA) is 59.0 Å². The molecule has 0 unspecified atom stereocenters. The Bertz CT molecular complexity index is 532. The maximum Gasteiger partial charge on any atom is 0.233 e. The average Bonchev–Trinajstić information content (AvgIpc) is 2.67. The number of rotatable bonds is 4. The van der Waals surface area contributed by atoms with E-state index in [1.54, 1.807) is 7.05 Å². The molecule has 2 aromatic rings. The van der Waals surface area contributed by atoms with Crippen LogP contribution in [0.4, 0.5) is 0 Å². The van der Waals surface area contributed by atoms with Crippen molar-refractivity contribution in [3.8, 4) is 0 Å². The number of aryl methyl sites for hydroxylation is 1. The second-order valence-electron chi connectivity index (χ2n) is 3.85. The molecule has 17 heavy (non-hydrogen) atoms. The van der Waals surface area contributed by atoms with Crippen molar-refractivity contribution in [2.75, 3.05) is 13.6 Å². The Morgan fingerprint density at radius 3 is 2.88 bits per heavy atom. The molecule has 0 atom stereocenters. The Kier molecular flexibility index (Phi) is 3.39. The molecule has 0 aliphatic carbocycles. The van der Waals surface area contributed by atoms with Gasteiger partial charge in [0.15, 0.2) is 0 Å². The lowest BCUT2D eigenvalue weighted by Gasteiger charge is -2.04. The van der Waals surface area contributed by atoms with Gasteiger partial charge in [0.2, 0.25) is 5.91 Å². The molecule has 5 heteroatoms. The highest BCUT2D eigenvalue weighted by Crippen LogP contribution is 2.13. The van der Waals surface area contributed by atoms with Gasteiger partial charge < -0.3 is 15.2 Å². The fourth-order valence-electron chi connectivity index (χ4n) is 1.73. The molecule has 90 valence electrons. The van der Waals surface area contributed by atoms with Crippen LogP contribution in [0, 0.1) is 0 Å². The van der Waals surface area contributed by atoms with Crippen molar-refractivity contribution in [1.29, 1.82) is 0 Å². The summed E-state index contributed by atoms with van der Waals surface area (Å²) in [5.74, 6) is 0.902. The Hall–Kier alpha value is -1.88. The van der Waals surface area contributed by atoms with E-state index >= 15 is 0 Å². The van der Waals surface area contributed by atoms with Crippen LogP contribution in [0.2, 0.25) is 0 Å². The highest BCUT2D eigenvalue weighted by molar-refractivity contribution is 5.77. The second-order valence-corrected chi connectivity index (χ2v) is 3.85. The largest absolute Gasteiger partial charge is 0.358 e. The minimum Gasteiger partial charge on any atom is -0.358 e. The van der Waals surface area contributed by atoms with Gasteiger partial charge >= 0.3 is 0 Å². The van der Waals surface area contributed by atoms with Crippen molar-refractivity contribution in [3.05, 3.63) is 30.1 Å². The molecule has 0 spiro atoms. The third-order valence-corrected chi connectivity index (χ3v) is 2.73. The first-order valence-corrected chi connectivity index (χ1v) is 5.54. The van der Waals surface area contributed by atoms with Gasteiger partial charge in [0.1, 0.15) is 5.82 Å². The molecular weight excluding hydrogens is 216 g/mol. The molecule has 5 nitrogen and oxygen atoms in total. The molecule has 0 aliphatic rings. The summed E-state index contributed by atoms with van der Waals surface area (Å²) < 4.78 is 2.03. The number of carbonyl (C=O) groups excluding carboxylic acids is 1. The number of nitrogens with one attached hydrogen (secondary N) is 2. The van der Waals surface area contributed by atoms with Gasteiger partial charge in [0.25, 0.3) is 0 Å². The molecule has 1 amide bonds. The molecular formula is C12H16N4O. The zero-order valence-corrected chi connectivity index (χ0v) is 10.0. The van der Waals surface area contributed by atoms with Crippen LogP contribution in [0.25, 0.3) is 11.0 Å². The van der Waals surface area contributed by atoms with E-state index in [-0.39, 0.29) is 5.91 Å². The SMILES string of the molecule is CNC(=O)CNCc1nc2ccccc2n1C. The average molecular weight is 232 g/mol. The van der Waals surface area contributed by atoms with E-state index in [1.165, 1.54) is 0 Å². The van der Waals surface area contributed by atoms with E-state index in [2.05, 4.69) is 15.6 Å². The van der Waals surface area contributed by atoms with Crippen LogP contribution in [0.5, 0.6) is 0 Å². The van der Waals surface area contributed by atoms with E-state index in [1.807, 2.05) is 35.9 Å². The molecule has 0 fully saturated rings. The van der Waals surface area contributed by atoms with Crippen LogP contribution in [0.1, 0.15) is 5.82 Å². The van der Waals surface area contributed by atoms with E-state index in [0.717, 1.165) is 16.9 Å². The van der Waals surface area contributed by atoms with Crippen LogP contribution in [-0.2, 0) is 18.4 Å². The van der Waals surface area contributed by atoms with Crippen LogP contribution in [0.15, 0.2) is 24.3 Å². The molecule has 0 bridgehead atoms. The van der Waals surface area contributed by atoms with Crippen molar-refractivity contribution < 1.29 is 4.79 Å². The summed E-state index contributed by atoms with van der Waals surface area (Å²) in [5.41, 5.74) is 2.08. The number of likely N-dealkylation sites (N-methyl/N-ethyl adjacent to an activating group) is 1. The van der Waals surface area contributed by atoms with Crippen LogP contribution in [0.3, 0.4) is 0 Å². The Morgan fingerprint density at radius 1 is 1.41 bits per heavy atom. The molecule has 2 N–H and O–H groups in total. The molecule has 1 heterocycles. The lowest BCUT2D eigenvalue weighted by Crippen LogP contribution is -2.31. The molecule has 1 aromatic carbocycles. The number of para-hydroxylation sites is 2. The number of aromatic nitrogens is 2. The Balaban J connectivity index is 2.09. The van der Waals surface area contributed by atoms with Crippen LogP contribution in [-0.4, -0.2) is 29.1 Å². The van der Waals surface area contributed by atoms with Gasteiger partial charge in [-0.15, -0.1) is 0 Å². The number of hydrogen-bond acceptors (Lipinski definition) is 3. The first-order valence-electron chi connectivity index (χ1n) is 5.54. The summed E-state index contributed by atoms with van der Waals surface area (Å²) in [6, 6.07) is 7.98. The predicted molar refractivity (Wildman–Crippen MR) is 66.5 cm³/mol. The molecule has 1 aromatic heterocycles. The highest BCUT2D eigenvalue weighted by Gasteiger charge is 2.06. The zero-order chi connectivity index (χ0) is 12.3. The molecule has 0 saturated carbocycles. The third kappa shape index (κ3) is 2.45. The standard InChI is InChI=1S/C12H16N4O/c1-13-12(17)8-14-7-11-15-9-5-3-4-6-10(9)16(11)2/h3-6,14H,7-8H2,1-2H3,(H,13,17). The summed E-state index contributed by atoms with van der Waals surface area (Å²) in [7, 11) is 3.60. The van der Waals surface area contributed by atoms with Gasteiger partial charge in [-0.2, -0.15) is 0 Å². The quantitative estimate of drug-likeness (QED) is 0.802. The Morgan fingerprint density at radius 2 is 2.18 bits per heavy atom. The maximum absolute atomic E-state index is 11.1. The predicted octanol–water partition coefficient (Wildman–Crippen LogP) is 0.409. The fraction of sp³-hybridized carbons (Fsp3) is 0.333. The van der Waals surface area contributed by atoms with E-state index in [9.17, 15) is 4.79 Å². The van der Waals surface area contributed by atoms with Crippen LogP contribution < -0.4 is 10.6 Å². The minimum atomic E-state index is -0.0243.